The minimum Gasteiger partial charge on any atom is -0.353 e. The molecule has 0 aliphatic heterocycles. The van der Waals surface area contributed by atoms with Crippen molar-refractivity contribution in [2.24, 2.45) is 11.7 Å². The Morgan fingerprint density at radius 3 is 2.65 bits per heavy atom. The van der Waals surface area contributed by atoms with Gasteiger partial charge in [0, 0.05) is 19.6 Å². The lowest BCUT2D eigenvalue weighted by Crippen LogP contribution is -2.34. The van der Waals surface area contributed by atoms with Crippen LogP contribution in [0.1, 0.15) is 26.5 Å². The van der Waals surface area contributed by atoms with Crippen LogP contribution in [0.5, 0.6) is 0 Å². The maximum absolute atomic E-state index is 14.1. The minimum absolute atomic E-state index is 0.316. The van der Waals surface area contributed by atoms with Gasteiger partial charge in [-0.2, -0.15) is 0 Å². The predicted octanol–water partition coefficient (Wildman–Crippen LogP) is 1.60. The SMILES string of the molecule is CCc1ncnc(N(CCN)CC(C)C)c1F. The van der Waals surface area contributed by atoms with Crippen molar-refractivity contribution in [2.45, 2.75) is 27.2 Å². The van der Waals surface area contributed by atoms with E-state index >= 15 is 0 Å². The van der Waals surface area contributed by atoms with Crippen molar-refractivity contribution >= 4 is 5.82 Å². The number of nitrogens with two attached hydrogens (primary N) is 1. The highest BCUT2D eigenvalue weighted by Gasteiger charge is 2.16. The van der Waals surface area contributed by atoms with Gasteiger partial charge in [0.1, 0.15) is 6.33 Å². The number of rotatable bonds is 6. The molecule has 1 heterocycles. The molecule has 0 unspecified atom stereocenters. The van der Waals surface area contributed by atoms with Gasteiger partial charge in [-0.3, -0.25) is 0 Å². The first kappa shape index (κ1) is 13.8. The molecule has 0 atom stereocenters. The van der Waals surface area contributed by atoms with Crippen LogP contribution in [0.2, 0.25) is 0 Å². The first-order valence-electron chi connectivity index (χ1n) is 6.04. The molecule has 0 saturated carbocycles. The van der Waals surface area contributed by atoms with Crippen LogP contribution in [-0.2, 0) is 6.42 Å². The maximum Gasteiger partial charge on any atom is 0.187 e. The zero-order chi connectivity index (χ0) is 12.8. The van der Waals surface area contributed by atoms with E-state index in [0.29, 0.717) is 36.9 Å². The van der Waals surface area contributed by atoms with Gasteiger partial charge in [0.05, 0.1) is 5.69 Å². The second kappa shape index (κ2) is 6.49. The molecule has 96 valence electrons. The third-order valence-corrected chi connectivity index (χ3v) is 2.46. The standard InChI is InChI=1S/C12H21FN4/c1-4-10-11(13)12(16-8-15-10)17(6-5-14)7-9(2)3/h8-9H,4-7,14H2,1-3H3. The number of anilines is 1. The van der Waals surface area contributed by atoms with Crippen LogP contribution in [0, 0.1) is 11.7 Å². The molecular formula is C12H21FN4. The van der Waals surface area contributed by atoms with E-state index in [0.717, 1.165) is 6.54 Å². The Morgan fingerprint density at radius 1 is 1.41 bits per heavy atom. The van der Waals surface area contributed by atoms with Crippen LogP contribution in [0.15, 0.2) is 6.33 Å². The van der Waals surface area contributed by atoms with E-state index in [-0.39, 0.29) is 5.82 Å². The topological polar surface area (TPSA) is 55.0 Å². The zero-order valence-corrected chi connectivity index (χ0v) is 10.8. The van der Waals surface area contributed by atoms with E-state index in [9.17, 15) is 4.39 Å². The molecule has 1 aromatic heterocycles. The molecule has 0 aliphatic rings. The number of hydrogen-bond donors (Lipinski definition) is 1. The normalized spacial score (nSPS) is 10.9. The highest BCUT2D eigenvalue weighted by Crippen LogP contribution is 2.19. The van der Waals surface area contributed by atoms with Crippen LogP contribution in [0.25, 0.3) is 0 Å². The molecule has 0 spiro atoms. The third kappa shape index (κ3) is 3.63. The second-order valence-electron chi connectivity index (χ2n) is 4.44. The number of aryl methyl sites for hydroxylation is 1. The Morgan fingerprint density at radius 2 is 2.12 bits per heavy atom. The number of aromatic nitrogens is 2. The lowest BCUT2D eigenvalue weighted by Gasteiger charge is -2.25. The van der Waals surface area contributed by atoms with Crippen LogP contribution in [-0.4, -0.2) is 29.6 Å². The van der Waals surface area contributed by atoms with Crippen molar-refractivity contribution in [3.63, 3.8) is 0 Å². The lowest BCUT2D eigenvalue weighted by molar-refractivity contribution is 0.559. The summed E-state index contributed by atoms with van der Waals surface area (Å²) in [4.78, 5) is 9.87. The molecule has 0 radical (unpaired) electrons. The summed E-state index contributed by atoms with van der Waals surface area (Å²) >= 11 is 0. The summed E-state index contributed by atoms with van der Waals surface area (Å²) in [7, 11) is 0. The first-order chi connectivity index (χ1) is 8.10. The van der Waals surface area contributed by atoms with Crippen LogP contribution in [0.3, 0.4) is 0 Å². The Hall–Kier alpha value is -1.23. The van der Waals surface area contributed by atoms with E-state index in [2.05, 4.69) is 23.8 Å². The Labute approximate surface area is 102 Å². The van der Waals surface area contributed by atoms with Crippen molar-refractivity contribution in [3.8, 4) is 0 Å². The monoisotopic (exact) mass is 240 g/mol. The Balaban J connectivity index is 3.00. The maximum atomic E-state index is 14.1. The van der Waals surface area contributed by atoms with Gasteiger partial charge in [0.25, 0.3) is 0 Å². The van der Waals surface area contributed by atoms with E-state index in [1.54, 1.807) is 0 Å². The second-order valence-corrected chi connectivity index (χ2v) is 4.44. The van der Waals surface area contributed by atoms with Gasteiger partial charge in [-0.1, -0.05) is 20.8 Å². The number of halogens is 1. The average molecular weight is 240 g/mol. The number of nitrogens with zero attached hydrogens (tertiary/aromatic N) is 3. The molecule has 0 amide bonds. The van der Waals surface area contributed by atoms with E-state index < -0.39 is 0 Å². The quantitative estimate of drug-likeness (QED) is 0.820. The number of hydrogen-bond acceptors (Lipinski definition) is 4. The Bertz CT molecular complexity index is 354. The molecule has 1 aromatic rings. The van der Waals surface area contributed by atoms with Crippen molar-refractivity contribution < 1.29 is 4.39 Å². The summed E-state index contributed by atoms with van der Waals surface area (Å²) in [6.07, 6.45) is 1.99. The van der Waals surface area contributed by atoms with Crippen molar-refractivity contribution in [1.82, 2.24) is 9.97 Å². The van der Waals surface area contributed by atoms with Gasteiger partial charge in [-0.15, -0.1) is 0 Å². The molecule has 0 fully saturated rings. The van der Waals surface area contributed by atoms with Gasteiger partial charge in [-0.25, -0.2) is 14.4 Å². The highest BCUT2D eigenvalue weighted by atomic mass is 19.1. The summed E-state index contributed by atoms with van der Waals surface area (Å²) in [6.45, 7) is 7.89. The predicted molar refractivity (Wildman–Crippen MR) is 67.5 cm³/mol. The van der Waals surface area contributed by atoms with Gasteiger partial charge in [0.2, 0.25) is 0 Å². The van der Waals surface area contributed by atoms with E-state index in [1.165, 1.54) is 6.33 Å². The summed E-state index contributed by atoms with van der Waals surface area (Å²) in [5.74, 6) is 0.487. The van der Waals surface area contributed by atoms with Crippen molar-refractivity contribution in [1.29, 1.82) is 0 Å². The molecule has 5 heteroatoms. The highest BCUT2D eigenvalue weighted by molar-refractivity contribution is 5.41. The fourth-order valence-electron chi connectivity index (χ4n) is 1.74. The largest absolute Gasteiger partial charge is 0.353 e. The molecule has 4 nitrogen and oxygen atoms in total. The van der Waals surface area contributed by atoms with E-state index in [4.69, 9.17) is 5.73 Å². The molecule has 2 N–H and O–H groups in total. The molecule has 0 aromatic carbocycles. The molecular weight excluding hydrogens is 219 g/mol. The lowest BCUT2D eigenvalue weighted by atomic mass is 10.2. The van der Waals surface area contributed by atoms with Crippen LogP contribution in [0.4, 0.5) is 10.2 Å². The van der Waals surface area contributed by atoms with Crippen LogP contribution < -0.4 is 10.6 Å². The van der Waals surface area contributed by atoms with Gasteiger partial charge < -0.3 is 10.6 Å². The zero-order valence-electron chi connectivity index (χ0n) is 10.8. The molecule has 0 saturated heterocycles. The summed E-state index contributed by atoms with van der Waals surface area (Å²) < 4.78 is 14.1. The molecule has 17 heavy (non-hydrogen) atoms. The molecule has 0 aliphatic carbocycles. The minimum atomic E-state index is -0.316. The average Bonchev–Trinajstić information content (AvgIpc) is 2.28. The Kier molecular flexibility index (Phi) is 5.28. The first-order valence-corrected chi connectivity index (χ1v) is 6.04. The smallest absolute Gasteiger partial charge is 0.187 e. The summed E-state index contributed by atoms with van der Waals surface area (Å²) in [6, 6.07) is 0. The summed E-state index contributed by atoms with van der Waals surface area (Å²) in [5.41, 5.74) is 6.01. The van der Waals surface area contributed by atoms with Crippen molar-refractivity contribution in [3.05, 3.63) is 17.8 Å². The van der Waals surface area contributed by atoms with Gasteiger partial charge in [0.15, 0.2) is 11.6 Å². The van der Waals surface area contributed by atoms with Gasteiger partial charge in [-0.05, 0) is 12.3 Å². The van der Waals surface area contributed by atoms with E-state index in [1.807, 2.05) is 11.8 Å². The fourth-order valence-corrected chi connectivity index (χ4v) is 1.74. The third-order valence-electron chi connectivity index (χ3n) is 2.46. The fraction of sp³-hybridized carbons (Fsp3) is 0.667. The van der Waals surface area contributed by atoms with Crippen molar-refractivity contribution in [2.75, 3.05) is 24.5 Å². The molecule has 1 rings (SSSR count). The molecule has 0 bridgehead atoms. The van der Waals surface area contributed by atoms with Gasteiger partial charge >= 0.3 is 0 Å². The van der Waals surface area contributed by atoms with Crippen LogP contribution >= 0.6 is 0 Å². The summed E-state index contributed by atoms with van der Waals surface area (Å²) in [5, 5.41) is 0.